The second-order valence-corrected chi connectivity index (χ2v) is 4.02. The molecular weight excluding hydrogens is 122 g/mol. The molecule has 1 aliphatic heterocycles. The highest BCUT2D eigenvalue weighted by Crippen LogP contribution is 2.21. The first kappa shape index (κ1) is 7.52. The average Bonchev–Trinajstić information content (AvgIpc) is 2.12. The van der Waals surface area contributed by atoms with Crippen LogP contribution in [0.25, 0.3) is 0 Å². The van der Waals surface area contributed by atoms with Gasteiger partial charge in [-0.15, -0.1) is 0 Å². The van der Waals surface area contributed by atoms with Gasteiger partial charge in [-0.2, -0.15) is 0 Å². The second-order valence-electron chi connectivity index (χ2n) is 4.02. The maximum atomic E-state index is 4.26. The monoisotopic (exact) mass is 137 g/mol. The predicted molar refractivity (Wildman–Crippen MR) is 45.3 cm³/mol. The fraction of sp³-hybridized carbons (Fsp3) is 0.667. The van der Waals surface area contributed by atoms with Crippen LogP contribution in [0.3, 0.4) is 0 Å². The van der Waals surface area contributed by atoms with E-state index in [1.807, 2.05) is 6.20 Å². The Morgan fingerprint density at radius 3 is 2.60 bits per heavy atom. The lowest BCUT2D eigenvalue weighted by molar-refractivity contribution is 0.432. The van der Waals surface area contributed by atoms with Gasteiger partial charge in [0.1, 0.15) is 0 Å². The van der Waals surface area contributed by atoms with Gasteiger partial charge in [0.25, 0.3) is 0 Å². The normalized spacial score (nSPS) is 17.7. The maximum Gasteiger partial charge on any atom is 0.0231 e. The lowest BCUT2D eigenvalue weighted by Crippen LogP contribution is -2.10. The number of hydrogen-bond donors (Lipinski definition) is 0. The largest absolute Gasteiger partial charge is 0.266 e. The van der Waals surface area contributed by atoms with Crippen molar-refractivity contribution in [1.82, 2.24) is 0 Å². The molecule has 1 nitrogen and oxygen atoms in total. The number of hydrogen-bond acceptors (Lipinski definition) is 1. The molecule has 0 aromatic carbocycles. The van der Waals surface area contributed by atoms with Crippen LogP contribution < -0.4 is 0 Å². The molecule has 0 aliphatic carbocycles. The summed E-state index contributed by atoms with van der Waals surface area (Å²) in [6.07, 6.45) is 6.21. The smallest absolute Gasteiger partial charge is 0.0231 e. The summed E-state index contributed by atoms with van der Waals surface area (Å²) in [4.78, 5) is 4.26. The van der Waals surface area contributed by atoms with Crippen molar-refractivity contribution in [3.8, 4) is 0 Å². The summed E-state index contributed by atoms with van der Waals surface area (Å²) in [5.41, 5.74) is 1.72. The van der Waals surface area contributed by atoms with Crippen LogP contribution in [0, 0.1) is 5.41 Å². The molecule has 0 amide bonds. The number of nitrogens with zero attached hydrogens (tertiary/aromatic N) is 1. The highest BCUT2D eigenvalue weighted by atomic mass is 14.7. The van der Waals surface area contributed by atoms with Crippen LogP contribution in [0.4, 0.5) is 0 Å². The molecule has 0 N–H and O–H groups in total. The molecule has 1 aliphatic rings. The van der Waals surface area contributed by atoms with Crippen molar-refractivity contribution < 1.29 is 0 Å². The third-order valence-electron chi connectivity index (χ3n) is 1.45. The van der Waals surface area contributed by atoms with Crippen molar-refractivity contribution in [3.05, 3.63) is 12.3 Å². The Morgan fingerprint density at radius 2 is 2.20 bits per heavy atom. The van der Waals surface area contributed by atoms with Gasteiger partial charge in [-0.05, 0) is 11.8 Å². The Balaban J connectivity index is 2.41. The van der Waals surface area contributed by atoms with E-state index in [1.54, 1.807) is 0 Å². The van der Waals surface area contributed by atoms with Gasteiger partial charge in [-0.1, -0.05) is 26.8 Å². The minimum Gasteiger partial charge on any atom is -0.266 e. The van der Waals surface area contributed by atoms with Crippen LogP contribution >= 0.6 is 0 Å². The van der Waals surface area contributed by atoms with Gasteiger partial charge in [-0.25, -0.2) is 0 Å². The first-order valence-electron chi connectivity index (χ1n) is 3.78. The van der Waals surface area contributed by atoms with Crippen molar-refractivity contribution in [2.75, 3.05) is 0 Å². The van der Waals surface area contributed by atoms with Gasteiger partial charge in [0.15, 0.2) is 0 Å². The molecule has 1 rings (SSSR count). The predicted octanol–water partition coefficient (Wildman–Crippen LogP) is 2.78. The molecule has 0 saturated carbocycles. The quantitative estimate of drug-likeness (QED) is 0.527. The van der Waals surface area contributed by atoms with E-state index in [2.05, 4.69) is 31.8 Å². The van der Waals surface area contributed by atoms with Crippen LogP contribution in [-0.4, -0.2) is 5.71 Å². The highest BCUT2D eigenvalue weighted by molar-refractivity contribution is 5.88. The number of allylic oxidation sites excluding steroid dienone is 1. The molecule has 0 bridgehead atoms. The summed E-state index contributed by atoms with van der Waals surface area (Å²) in [5.74, 6) is 0. The van der Waals surface area contributed by atoms with Gasteiger partial charge < -0.3 is 0 Å². The van der Waals surface area contributed by atoms with Gasteiger partial charge in [-0.3, -0.25) is 4.99 Å². The molecule has 0 aromatic heterocycles. The summed E-state index contributed by atoms with van der Waals surface area (Å²) in [5, 5.41) is 0. The molecule has 0 radical (unpaired) electrons. The zero-order valence-corrected chi connectivity index (χ0v) is 7.02. The van der Waals surface area contributed by atoms with Crippen molar-refractivity contribution in [3.63, 3.8) is 0 Å². The molecule has 0 atom stereocenters. The molecular formula is C9H15N. The van der Waals surface area contributed by atoms with E-state index in [0.717, 1.165) is 12.8 Å². The summed E-state index contributed by atoms with van der Waals surface area (Å²) in [6.45, 7) is 6.73. The van der Waals surface area contributed by atoms with Gasteiger partial charge in [0.2, 0.25) is 0 Å². The molecule has 0 unspecified atom stereocenters. The lowest BCUT2D eigenvalue weighted by atomic mass is 9.89. The minimum atomic E-state index is 0.394. The third kappa shape index (κ3) is 2.34. The van der Waals surface area contributed by atoms with Gasteiger partial charge >= 0.3 is 0 Å². The Labute approximate surface area is 62.9 Å². The van der Waals surface area contributed by atoms with E-state index >= 15 is 0 Å². The molecule has 56 valence electrons. The molecule has 1 heteroatoms. The van der Waals surface area contributed by atoms with Crippen molar-refractivity contribution in [1.29, 1.82) is 0 Å². The Kier molecular flexibility index (Phi) is 1.93. The van der Waals surface area contributed by atoms with Gasteiger partial charge in [0.05, 0.1) is 0 Å². The van der Waals surface area contributed by atoms with Crippen LogP contribution in [0.2, 0.25) is 0 Å². The van der Waals surface area contributed by atoms with Gasteiger partial charge in [0, 0.05) is 18.3 Å². The Morgan fingerprint density at radius 1 is 1.50 bits per heavy atom. The highest BCUT2D eigenvalue weighted by Gasteiger charge is 2.14. The summed E-state index contributed by atoms with van der Waals surface area (Å²) >= 11 is 0. The van der Waals surface area contributed by atoms with Crippen LogP contribution in [0.5, 0.6) is 0 Å². The first-order chi connectivity index (χ1) is 4.58. The van der Waals surface area contributed by atoms with Crippen molar-refractivity contribution in [2.45, 2.75) is 33.6 Å². The van der Waals surface area contributed by atoms with Crippen LogP contribution in [0.15, 0.2) is 17.3 Å². The van der Waals surface area contributed by atoms with Crippen LogP contribution in [0.1, 0.15) is 33.6 Å². The third-order valence-corrected chi connectivity index (χ3v) is 1.45. The molecule has 10 heavy (non-hydrogen) atoms. The van der Waals surface area contributed by atoms with E-state index in [4.69, 9.17) is 0 Å². The first-order valence-corrected chi connectivity index (χ1v) is 3.78. The fourth-order valence-corrected chi connectivity index (χ4v) is 1.13. The van der Waals surface area contributed by atoms with E-state index in [9.17, 15) is 0 Å². The van der Waals surface area contributed by atoms with E-state index in [-0.39, 0.29) is 0 Å². The summed E-state index contributed by atoms with van der Waals surface area (Å²) in [7, 11) is 0. The van der Waals surface area contributed by atoms with E-state index < -0.39 is 0 Å². The Bertz CT molecular complexity index is 170. The molecule has 1 heterocycles. The minimum absolute atomic E-state index is 0.394. The maximum absolute atomic E-state index is 4.26. The fourth-order valence-electron chi connectivity index (χ4n) is 1.13. The molecule has 0 fully saturated rings. The Hall–Kier alpha value is -0.590. The van der Waals surface area contributed by atoms with Crippen molar-refractivity contribution >= 4 is 5.71 Å². The van der Waals surface area contributed by atoms with E-state index in [0.29, 0.717) is 5.41 Å². The zero-order chi connectivity index (χ0) is 7.61. The van der Waals surface area contributed by atoms with Crippen LogP contribution in [-0.2, 0) is 0 Å². The summed E-state index contributed by atoms with van der Waals surface area (Å²) < 4.78 is 0. The topological polar surface area (TPSA) is 12.4 Å². The lowest BCUT2D eigenvalue weighted by Gasteiger charge is -2.17. The van der Waals surface area contributed by atoms with Crippen molar-refractivity contribution in [2.24, 2.45) is 10.4 Å². The number of rotatable bonds is 1. The molecule has 0 aromatic rings. The standard InChI is InChI=1S/C9H15N/c1-9(2,3)7-8-5-4-6-10-8/h4,6H,5,7H2,1-3H3. The summed E-state index contributed by atoms with van der Waals surface area (Å²) in [6, 6.07) is 0. The molecule has 0 saturated heterocycles. The average molecular weight is 137 g/mol. The molecule has 0 spiro atoms. The zero-order valence-electron chi connectivity index (χ0n) is 7.02. The van der Waals surface area contributed by atoms with E-state index in [1.165, 1.54) is 5.71 Å². The SMILES string of the molecule is CC(C)(C)CC1=NC=CC1. The number of aliphatic imine (C=N–C) groups is 1. The second kappa shape index (κ2) is 2.57.